The molecule has 8 nitrogen and oxygen atoms in total. The van der Waals surface area contributed by atoms with Gasteiger partial charge in [0.2, 0.25) is 12.0 Å². The number of piperazine rings is 1. The maximum Gasteiger partial charge on any atom is 0.267 e. The number of carbonyl (C=O) groups excluding carboxylic acids is 2. The maximum atomic E-state index is 12.8. The number of nitrogens with one attached hydrogen (secondary N) is 1. The second-order valence-electron chi connectivity index (χ2n) is 8.10. The monoisotopic (exact) mass is 398 g/mol. The lowest BCUT2D eigenvalue weighted by atomic mass is 9.98. The van der Waals surface area contributed by atoms with Crippen LogP contribution in [0.4, 0.5) is 0 Å². The van der Waals surface area contributed by atoms with Crippen molar-refractivity contribution >= 4 is 11.8 Å². The van der Waals surface area contributed by atoms with Gasteiger partial charge in [-0.05, 0) is 37.8 Å². The normalized spacial score (nSPS) is 23.6. The number of fused-ring (bicyclic) bond motifs is 1. The van der Waals surface area contributed by atoms with Crippen LogP contribution >= 0.6 is 0 Å². The fraction of sp³-hybridized carbons (Fsp3) is 0.571. The molecule has 29 heavy (non-hydrogen) atoms. The molecule has 0 radical (unpaired) electrons. The Labute approximate surface area is 170 Å². The average molecular weight is 398 g/mol. The number of carbonyl (C=O) groups is 2. The van der Waals surface area contributed by atoms with E-state index in [0.29, 0.717) is 37.7 Å². The van der Waals surface area contributed by atoms with Gasteiger partial charge in [0.15, 0.2) is 11.5 Å². The summed E-state index contributed by atoms with van der Waals surface area (Å²) in [6.45, 7) is 4.52. The molecule has 1 saturated heterocycles. The highest BCUT2D eigenvalue weighted by Gasteiger charge is 2.43. The Morgan fingerprint density at radius 3 is 2.55 bits per heavy atom. The van der Waals surface area contributed by atoms with Gasteiger partial charge >= 0.3 is 0 Å². The number of benzene rings is 1. The first kappa shape index (κ1) is 19.5. The molecule has 0 bridgehead atoms. The van der Waals surface area contributed by atoms with Crippen LogP contribution in [-0.2, 0) is 9.59 Å². The molecule has 1 saturated carbocycles. The summed E-state index contributed by atoms with van der Waals surface area (Å²) in [5.74, 6) is 1.27. The smallest absolute Gasteiger partial charge is 0.267 e. The van der Waals surface area contributed by atoms with Crippen molar-refractivity contribution in [2.45, 2.75) is 31.4 Å². The SMILES string of the molecule is C[C@@](C#N)(NC(=O)CN1CCN(C(=O)[C@H]2COc3ccccc3O2)CC1)C1CC1. The van der Waals surface area contributed by atoms with Gasteiger partial charge in [-0.25, -0.2) is 0 Å². The molecule has 1 aromatic rings. The molecule has 2 fully saturated rings. The lowest BCUT2D eigenvalue weighted by Crippen LogP contribution is -2.56. The standard InChI is InChI=1S/C21H26N4O4/c1-21(14-22,15-6-7-15)23-19(26)12-24-8-10-25(11-9-24)20(27)18-13-28-16-4-2-3-5-17(16)29-18/h2-5,15,18H,6-13H2,1H3,(H,23,26)/t18-,21+/m1/s1. The zero-order chi connectivity index (χ0) is 20.4. The van der Waals surface area contributed by atoms with Crippen molar-refractivity contribution in [1.82, 2.24) is 15.1 Å². The van der Waals surface area contributed by atoms with Crippen molar-refractivity contribution < 1.29 is 19.1 Å². The molecule has 0 spiro atoms. The van der Waals surface area contributed by atoms with Crippen molar-refractivity contribution in [3.63, 3.8) is 0 Å². The molecule has 154 valence electrons. The first-order valence-electron chi connectivity index (χ1n) is 10.1. The van der Waals surface area contributed by atoms with E-state index in [1.807, 2.05) is 23.1 Å². The van der Waals surface area contributed by atoms with Crippen molar-refractivity contribution in [3.05, 3.63) is 24.3 Å². The van der Waals surface area contributed by atoms with E-state index in [0.717, 1.165) is 12.8 Å². The Balaban J connectivity index is 1.25. The summed E-state index contributed by atoms with van der Waals surface area (Å²) in [7, 11) is 0. The summed E-state index contributed by atoms with van der Waals surface area (Å²) in [6.07, 6.45) is 1.33. The summed E-state index contributed by atoms with van der Waals surface area (Å²) < 4.78 is 11.5. The van der Waals surface area contributed by atoms with E-state index < -0.39 is 11.6 Å². The topological polar surface area (TPSA) is 94.9 Å². The van der Waals surface area contributed by atoms with E-state index in [1.165, 1.54) is 0 Å². The maximum absolute atomic E-state index is 12.8. The lowest BCUT2D eigenvalue weighted by molar-refractivity contribution is -0.143. The van der Waals surface area contributed by atoms with E-state index in [9.17, 15) is 14.9 Å². The van der Waals surface area contributed by atoms with E-state index in [4.69, 9.17) is 9.47 Å². The van der Waals surface area contributed by atoms with Crippen molar-refractivity contribution in [3.8, 4) is 17.6 Å². The highest BCUT2D eigenvalue weighted by Crippen LogP contribution is 2.39. The average Bonchev–Trinajstić information content (AvgIpc) is 3.59. The molecule has 0 unspecified atom stereocenters. The Kier molecular flexibility index (Phi) is 5.33. The Morgan fingerprint density at radius 2 is 1.90 bits per heavy atom. The second-order valence-corrected chi connectivity index (χ2v) is 8.10. The molecular formula is C21H26N4O4. The minimum absolute atomic E-state index is 0.0885. The van der Waals surface area contributed by atoms with Crippen LogP contribution in [-0.4, -0.2) is 72.6 Å². The second kappa shape index (κ2) is 7.91. The largest absolute Gasteiger partial charge is 0.485 e. The van der Waals surface area contributed by atoms with E-state index in [1.54, 1.807) is 17.9 Å². The fourth-order valence-electron chi connectivity index (χ4n) is 3.89. The first-order chi connectivity index (χ1) is 14.0. The van der Waals surface area contributed by atoms with Crippen molar-refractivity contribution in [2.75, 3.05) is 39.3 Å². The predicted molar refractivity (Wildman–Crippen MR) is 104 cm³/mol. The number of nitriles is 1. The molecule has 1 aliphatic carbocycles. The summed E-state index contributed by atoms with van der Waals surface area (Å²) in [5.41, 5.74) is -0.774. The van der Waals surface area contributed by atoms with E-state index >= 15 is 0 Å². The number of amides is 2. The number of para-hydroxylation sites is 2. The van der Waals surface area contributed by atoms with Crippen LogP contribution in [0, 0.1) is 17.2 Å². The van der Waals surface area contributed by atoms with E-state index in [2.05, 4.69) is 11.4 Å². The van der Waals surface area contributed by atoms with Crippen molar-refractivity contribution in [1.29, 1.82) is 5.26 Å². The van der Waals surface area contributed by atoms with E-state index in [-0.39, 0.29) is 30.9 Å². The summed E-state index contributed by atoms with van der Waals surface area (Å²) in [5, 5.41) is 12.3. The molecular weight excluding hydrogens is 372 g/mol. The van der Waals surface area contributed by atoms with Gasteiger partial charge in [-0.3, -0.25) is 14.5 Å². The molecule has 2 heterocycles. The number of nitrogens with zero attached hydrogens (tertiary/aromatic N) is 3. The van der Waals surface area contributed by atoms with Crippen LogP contribution in [0.25, 0.3) is 0 Å². The summed E-state index contributed by atoms with van der Waals surface area (Å²) in [6, 6.07) is 9.57. The summed E-state index contributed by atoms with van der Waals surface area (Å²) in [4.78, 5) is 28.9. The zero-order valence-electron chi connectivity index (χ0n) is 16.6. The van der Waals surface area contributed by atoms with Gasteiger partial charge in [-0.1, -0.05) is 12.1 Å². The third-order valence-electron chi connectivity index (χ3n) is 5.86. The van der Waals surface area contributed by atoms with Gasteiger partial charge in [0, 0.05) is 26.2 Å². The number of ether oxygens (including phenoxy) is 2. The first-order valence-corrected chi connectivity index (χ1v) is 10.1. The molecule has 8 heteroatoms. The van der Waals surface area contributed by atoms with Gasteiger partial charge < -0.3 is 19.7 Å². The van der Waals surface area contributed by atoms with Crippen LogP contribution in [0.15, 0.2) is 24.3 Å². The molecule has 2 atom stereocenters. The van der Waals surface area contributed by atoms with Crippen LogP contribution in [0.5, 0.6) is 11.5 Å². The number of hydrogen-bond donors (Lipinski definition) is 1. The third-order valence-corrected chi connectivity index (χ3v) is 5.86. The van der Waals surface area contributed by atoms with Gasteiger partial charge in [0.1, 0.15) is 12.1 Å². The minimum atomic E-state index is -0.774. The lowest BCUT2D eigenvalue weighted by Gasteiger charge is -2.37. The van der Waals surface area contributed by atoms with Gasteiger partial charge in [0.25, 0.3) is 5.91 Å². The molecule has 0 aromatic heterocycles. The molecule has 3 aliphatic rings. The number of rotatable bonds is 5. The molecule has 2 amide bonds. The summed E-state index contributed by atoms with van der Waals surface area (Å²) >= 11 is 0. The van der Waals surface area contributed by atoms with Gasteiger partial charge in [-0.15, -0.1) is 0 Å². The minimum Gasteiger partial charge on any atom is -0.485 e. The van der Waals surface area contributed by atoms with Crippen molar-refractivity contribution in [2.24, 2.45) is 5.92 Å². The van der Waals surface area contributed by atoms with Crippen LogP contribution in [0.1, 0.15) is 19.8 Å². The predicted octanol–water partition coefficient (Wildman–Crippen LogP) is 0.779. The molecule has 4 rings (SSSR count). The molecule has 1 N–H and O–H groups in total. The van der Waals surface area contributed by atoms with Crippen LogP contribution in [0.2, 0.25) is 0 Å². The fourth-order valence-corrected chi connectivity index (χ4v) is 3.89. The molecule has 1 aromatic carbocycles. The highest BCUT2D eigenvalue weighted by molar-refractivity contribution is 5.82. The Morgan fingerprint density at radius 1 is 1.21 bits per heavy atom. The number of hydrogen-bond acceptors (Lipinski definition) is 6. The Hall–Kier alpha value is -2.79. The van der Waals surface area contributed by atoms with Gasteiger partial charge in [-0.2, -0.15) is 5.26 Å². The van der Waals surface area contributed by atoms with Gasteiger partial charge in [0.05, 0.1) is 12.6 Å². The quantitative estimate of drug-likeness (QED) is 0.788. The third kappa shape index (κ3) is 4.30. The zero-order valence-corrected chi connectivity index (χ0v) is 16.6. The Bertz CT molecular complexity index is 826. The van der Waals surface area contributed by atoms with Crippen LogP contribution < -0.4 is 14.8 Å². The molecule has 2 aliphatic heterocycles. The van der Waals surface area contributed by atoms with Crippen LogP contribution in [0.3, 0.4) is 0 Å². The highest BCUT2D eigenvalue weighted by atomic mass is 16.6.